The molecule has 2 saturated heterocycles. The third kappa shape index (κ3) is 1.62. The van der Waals surface area contributed by atoms with E-state index in [2.05, 4.69) is 0 Å². The van der Waals surface area contributed by atoms with Crippen LogP contribution in [0.2, 0.25) is 0 Å². The number of hydrogen-bond acceptors (Lipinski definition) is 3. The maximum Gasteiger partial charge on any atom is 0.483 e. The second kappa shape index (κ2) is 3.94. The summed E-state index contributed by atoms with van der Waals surface area (Å²) in [7, 11) is 0. The second-order valence-electron chi connectivity index (χ2n) is 6.25. The Morgan fingerprint density at radius 3 is 2.89 bits per heavy atom. The van der Waals surface area contributed by atoms with Crippen molar-refractivity contribution in [3.8, 4) is 0 Å². The van der Waals surface area contributed by atoms with Gasteiger partial charge < -0.3 is 19.0 Å². The summed E-state index contributed by atoms with van der Waals surface area (Å²) in [4.78, 5) is 9.53. The predicted octanol–water partition coefficient (Wildman–Crippen LogP) is 1.99. The van der Waals surface area contributed by atoms with Gasteiger partial charge in [0.25, 0.3) is 0 Å². The van der Waals surface area contributed by atoms with Crippen LogP contribution in [0.15, 0.2) is 0 Å². The fraction of sp³-hybridized carbons (Fsp3) is 0.929. The van der Waals surface area contributed by atoms with Crippen LogP contribution in [0, 0.1) is 11.3 Å². The van der Waals surface area contributed by atoms with Gasteiger partial charge in [0.15, 0.2) is 6.29 Å². The molecule has 4 unspecified atom stereocenters. The molecule has 4 fully saturated rings. The molecule has 0 radical (unpaired) electrons. The van der Waals surface area contributed by atoms with Gasteiger partial charge in [0, 0.05) is 24.4 Å². The van der Waals surface area contributed by atoms with Crippen LogP contribution in [0.5, 0.6) is 0 Å². The van der Waals surface area contributed by atoms with Gasteiger partial charge in [-0.25, -0.2) is 0 Å². The number of hydrogen-bond donors (Lipinski definition) is 0. The Balaban J connectivity index is 1.45. The van der Waals surface area contributed by atoms with E-state index >= 15 is 0 Å². The van der Waals surface area contributed by atoms with Crippen LogP contribution >= 0.6 is 0 Å². The molecule has 4 heteroatoms. The van der Waals surface area contributed by atoms with Crippen molar-refractivity contribution in [1.82, 2.24) is 0 Å². The monoisotopic (exact) mass is 253 g/mol. The highest BCUT2D eigenvalue weighted by Gasteiger charge is 2.69. The molecular formula is C14H21O4+. The molecule has 0 amide bonds. The zero-order valence-corrected chi connectivity index (χ0v) is 10.6. The van der Waals surface area contributed by atoms with Gasteiger partial charge in [-0.2, -0.15) is 0 Å². The number of ether oxygens (including phenoxy) is 3. The van der Waals surface area contributed by atoms with E-state index in [1.807, 2.05) is 0 Å². The quantitative estimate of drug-likeness (QED) is 0.558. The lowest BCUT2D eigenvalue weighted by atomic mass is 9.89. The highest BCUT2D eigenvalue weighted by Crippen LogP contribution is 2.65. The van der Waals surface area contributed by atoms with Crippen molar-refractivity contribution < 1.29 is 19.0 Å². The molecule has 4 aliphatic rings. The van der Waals surface area contributed by atoms with E-state index in [9.17, 15) is 4.79 Å². The van der Waals surface area contributed by atoms with Gasteiger partial charge in [0.1, 0.15) is 6.42 Å². The highest BCUT2D eigenvalue weighted by atomic mass is 16.7. The predicted molar refractivity (Wildman–Crippen MR) is 64.7 cm³/mol. The molecule has 1 N–H and O–H groups in total. The first-order chi connectivity index (χ1) is 8.78. The normalized spacial score (nSPS) is 45.0. The molecule has 4 rings (SSSR count). The Kier molecular flexibility index (Phi) is 2.46. The molecule has 4 atom stereocenters. The summed E-state index contributed by atoms with van der Waals surface area (Å²) >= 11 is 0. The summed E-state index contributed by atoms with van der Waals surface area (Å²) in [5.41, 5.74) is 0.288. The van der Waals surface area contributed by atoms with Crippen LogP contribution in [0.25, 0.3) is 0 Å². The number of carbonyl (C=O) groups excluding carboxylic acids is 1. The van der Waals surface area contributed by atoms with E-state index < -0.39 is 0 Å². The standard InChI is InChI=1S/C14H20O4/c15-12-7-9-10(17-12)8-11(14(9)4-5-14)18-13-3-1-2-6-16-13/h9-11,13H,1-8H2/p+1. The summed E-state index contributed by atoms with van der Waals surface area (Å²) in [6.07, 6.45) is 7.95. The lowest BCUT2D eigenvalue weighted by Crippen LogP contribution is -2.32. The van der Waals surface area contributed by atoms with Crippen molar-refractivity contribution in [3.63, 3.8) is 0 Å². The second-order valence-corrected chi connectivity index (χ2v) is 6.25. The minimum absolute atomic E-state index is 0.00220. The molecule has 2 saturated carbocycles. The minimum atomic E-state index is -0.00220. The molecule has 0 aromatic heterocycles. The van der Waals surface area contributed by atoms with Crippen LogP contribution in [0.4, 0.5) is 0 Å². The highest BCUT2D eigenvalue weighted by molar-refractivity contribution is 5.74. The van der Waals surface area contributed by atoms with Crippen LogP contribution in [0.1, 0.15) is 44.9 Å². The first-order valence-electron chi connectivity index (χ1n) is 7.26. The maximum atomic E-state index is 9.53. The van der Waals surface area contributed by atoms with E-state index in [4.69, 9.17) is 14.2 Å². The van der Waals surface area contributed by atoms with Gasteiger partial charge in [-0.15, -0.1) is 0 Å². The SMILES string of the molecule is [OH+]=C1CC2C(CC(OC3CCCCO3)C23CC3)O1. The molecule has 0 bridgehead atoms. The molecule has 0 aromatic rings. The Labute approximate surface area is 107 Å². The fourth-order valence-electron chi connectivity index (χ4n) is 4.12. The smallest absolute Gasteiger partial charge is 0.353 e. The van der Waals surface area contributed by atoms with Crippen molar-refractivity contribution in [2.24, 2.45) is 11.3 Å². The van der Waals surface area contributed by atoms with E-state index in [-0.39, 0.29) is 29.9 Å². The minimum Gasteiger partial charge on any atom is -0.353 e. The van der Waals surface area contributed by atoms with E-state index in [0.717, 1.165) is 32.3 Å². The van der Waals surface area contributed by atoms with Crippen molar-refractivity contribution in [2.45, 2.75) is 63.4 Å². The third-order valence-electron chi connectivity index (χ3n) is 5.24. The van der Waals surface area contributed by atoms with E-state index in [1.165, 1.54) is 19.3 Å². The Hall–Kier alpha value is -0.610. The first-order valence-corrected chi connectivity index (χ1v) is 7.26. The van der Waals surface area contributed by atoms with Crippen molar-refractivity contribution >= 4 is 5.97 Å². The van der Waals surface area contributed by atoms with Crippen LogP contribution in [0.3, 0.4) is 0 Å². The van der Waals surface area contributed by atoms with Crippen LogP contribution in [-0.2, 0) is 14.2 Å². The van der Waals surface area contributed by atoms with Crippen LogP contribution in [-0.4, -0.2) is 35.9 Å². The Morgan fingerprint density at radius 2 is 2.17 bits per heavy atom. The van der Waals surface area contributed by atoms with Gasteiger partial charge in [0.2, 0.25) is 6.10 Å². The number of rotatable bonds is 2. The Morgan fingerprint density at radius 1 is 1.28 bits per heavy atom. The summed E-state index contributed by atoms with van der Waals surface area (Å²) in [5.74, 6) is 0.717. The fourth-order valence-corrected chi connectivity index (χ4v) is 4.12. The number of esters is 1. The van der Waals surface area contributed by atoms with Gasteiger partial charge in [-0.1, -0.05) is 0 Å². The summed E-state index contributed by atoms with van der Waals surface area (Å²) < 4.78 is 17.4. The molecule has 2 aliphatic carbocycles. The zero-order valence-electron chi connectivity index (χ0n) is 10.6. The van der Waals surface area contributed by atoms with E-state index in [1.54, 1.807) is 0 Å². The largest absolute Gasteiger partial charge is 0.483 e. The van der Waals surface area contributed by atoms with Crippen molar-refractivity contribution in [2.75, 3.05) is 6.61 Å². The van der Waals surface area contributed by atoms with Crippen molar-refractivity contribution in [3.05, 3.63) is 0 Å². The molecule has 1 spiro atoms. The molecular weight excluding hydrogens is 232 g/mol. The number of fused-ring (bicyclic) bond motifs is 2. The molecule has 4 nitrogen and oxygen atoms in total. The summed E-state index contributed by atoms with van der Waals surface area (Å²) in [6, 6.07) is 0. The third-order valence-corrected chi connectivity index (χ3v) is 5.24. The molecule has 2 heterocycles. The Bertz CT molecular complexity index is 357. The van der Waals surface area contributed by atoms with Gasteiger partial charge in [-0.05, 0) is 32.1 Å². The zero-order chi connectivity index (χ0) is 12.2. The maximum absolute atomic E-state index is 9.53. The van der Waals surface area contributed by atoms with E-state index in [0.29, 0.717) is 5.92 Å². The summed E-state index contributed by atoms with van der Waals surface area (Å²) in [6.45, 7) is 0.836. The van der Waals surface area contributed by atoms with Crippen molar-refractivity contribution in [1.29, 1.82) is 0 Å². The average Bonchev–Trinajstić information content (AvgIpc) is 3.03. The van der Waals surface area contributed by atoms with Gasteiger partial charge in [0.05, 0.1) is 6.10 Å². The molecule has 18 heavy (non-hydrogen) atoms. The molecule has 100 valence electrons. The topological polar surface area (TPSA) is 49.1 Å². The lowest BCUT2D eigenvalue weighted by Gasteiger charge is -2.29. The molecule has 2 aliphatic heterocycles. The van der Waals surface area contributed by atoms with Crippen LogP contribution < -0.4 is 0 Å². The lowest BCUT2D eigenvalue weighted by molar-refractivity contribution is -0.199. The molecule has 0 aromatic carbocycles. The first kappa shape index (κ1) is 11.2. The van der Waals surface area contributed by atoms with Gasteiger partial charge >= 0.3 is 5.97 Å². The van der Waals surface area contributed by atoms with Gasteiger partial charge in [-0.3, -0.25) is 0 Å². The average molecular weight is 253 g/mol. The summed E-state index contributed by atoms with van der Waals surface area (Å²) in [5, 5.41) is 0.